The number of halogens is 1. The van der Waals surface area contributed by atoms with Crippen molar-refractivity contribution in [2.45, 2.75) is 26.4 Å². The molecular weight excluding hydrogens is 382 g/mol. The number of rotatable bonds is 5. The van der Waals surface area contributed by atoms with Crippen molar-refractivity contribution in [3.8, 4) is 5.75 Å². The summed E-state index contributed by atoms with van der Waals surface area (Å²) in [6, 6.07) is 11.5. The summed E-state index contributed by atoms with van der Waals surface area (Å²) in [5.74, 6) is 0.801. The molecule has 1 aromatic carbocycles. The minimum absolute atomic E-state index is 0.0645. The zero-order valence-electron chi connectivity index (χ0n) is 14.4. The molecule has 0 amide bonds. The largest absolute Gasteiger partial charge is 0.496 e. The van der Waals surface area contributed by atoms with E-state index in [9.17, 15) is 4.79 Å². The molecule has 0 unspecified atom stereocenters. The number of ether oxygens (including phenoxy) is 1. The van der Waals surface area contributed by atoms with Crippen molar-refractivity contribution in [1.82, 2.24) is 14.7 Å². The first-order chi connectivity index (χ1) is 12.0. The number of nitrogens with zero attached hydrogens (tertiary/aromatic N) is 2. The van der Waals surface area contributed by atoms with Gasteiger partial charge in [-0.2, -0.15) is 0 Å². The number of nitrogens with one attached hydrogen (secondary N) is 1. The van der Waals surface area contributed by atoms with Gasteiger partial charge < -0.3 is 10.1 Å². The van der Waals surface area contributed by atoms with Crippen LogP contribution in [0, 0.1) is 6.92 Å². The normalized spacial score (nSPS) is 12.3. The summed E-state index contributed by atoms with van der Waals surface area (Å²) < 4.78 is 7.74. The van der Waals surface area contributed by atoms with E-state index in [0.717, 1.165) is 27.0 Å². The Morgan fingerprint density at radius 2 is 2.08 bits per heavy atom. The van der Waals surface area contributed by atoms with E-state index in [-0.39, 0.29) is 11.6 Å². The van der Waals surface area contributed by atoms with Crippen LogP contribution in [-0.2, 0) is 6.54 Å². The third-order valence-electron chi connectivity index (χ3n) is 4.13. The second-order valence-corrected chi connectivity index (χ2v) is 6.87. The van der Waals surface area contributed by atoms with Crippen LogP contribution in [0.3, 0.4) is 0 Å². The van der Waals surface area contributed by atoms with E-state index in [4.69, 9.17) is 4.74 Å². The zero-order valence-corrected chi connectivity index (χ0v) is 16.0. The lowest BCUT2D eigenvalue weighted by Crippen LogP contribution is -2.22. The maximum atomic E-state index is 12.3. The van der Waals surface area contributed by atoms with Gasteiger partial charge in [-0.15, -0.1) is 0 Å². The van der Waals surface area contributed by atoms with E-state index < -0.39 is 0 Å². The van der Waals surface area contributed by atoms with E-state index in [1.165, 1.54) is 0 Å². The van der Waals surface area contributed by atoms with Crippen molar-refractivity contribution in [1.29, 1.82) is 0 Å². The summed E-state index contributed by atoms with van der Waals surface area (Å²) >= 11 is 3.50. The smallest absolute Gasteiger partial charge is 0.258 e. The van der Waals surface area contributed by atoms with Gasteiger partial charge in [0.25, 0.3) is 5.56 Å². The van der Waals surface area contributed by atoms with Crippen LogP contribution in [0.2, 0.25) is 0 Å². The fourth-order valence-corrected chi connectivity index (χ4v) is 3.23. The van der Waals surface area contributed by atoms with Gasteiger partial charge >= 0.3 is 0 Å². The number of methoxy groups -OCH3 is 1. The number of aromatic nitrogens is 2. The Balaban J connectivity index is 1.77. The summed E-state index contributed by atoms with van der Waals surface area (Å²) in [6.07, 6.45) is 1.80. The number of aryl methyl sites for hydroxylation is 1. The first-order valence-corrected chi connectivity index (χ1v) is 8.83. The minimum atomic E-state index is -0.0645. The van der Waals surface area contributed by atoms with E-state index in [1.54, 1.807) is 23.8 Å². The molecule has 2 aromatic heterocycles. The van der Waals surface area contributed by atoms with Gasteiger partial charge in [-0.1, -0.05) is 12.1 Å². The lowest BCUT2D eigenvalue weighted by Gasteiger charge is -2.15. The van der Waals surface area contributed by atoms with Crippen LogP contribution in [0.5, 0.6) is 5.75 Å². The van der Waals surface area contributed by atoms with Gasteiger partial charge in [0, 0.05) is 24.8 Å². The van der Waals surface area contributed by atoms with Crippen LogP contribution in [0.15, 0.2) is 51.9 Å². The first kappa shape index (κ1) is 17.6. The van der Waals surface area contributed by atoms with Crippen LogP contribution in [0.25, 0.3) is 5.65 Å². The quantitative estimate of drug-likeness (QED) is 0.708. The summed E-state index contributed by atoms with van der Waals surface area (Å²) in [7, 11) is 1.65. The first-order valence-electron chi connectivity index (χ1n) is 8.03. The minimum Gasteiger partial charge on any atom is -0.496 e. The summed E-state index contributed by atoms with van der Waals surface area (Å²) in [5.41, 5.74) is 3.48. The molecule has 0 fully saturated rings. The predicted octanol–water partition coefficient (Wildman–Crippen LogP) is 3.62. The van der Waals surface area contributed by atoms with Crippen molar-refractivity contribution in [2.24, 2.45) is 0 Å². The molecule has 3 rings (SSSR count). The Morgan fingerprint density at radius 3 is 2.80 bits per heavy atom. The molecule has 25 heavy (non-hydrogen) atoms. The highest BCUT2D eigenvalue weighted by molar-refractivity contribution is 9.10. The molecule has 0 aliphatic rings. The van der Waals surface area contributed by atoms with Gasteiger partial charge in [0.05, 0.1) is 17.3 Å². The van der Waals surface area contributed by atoms with Gasteiger partial charge in [-0.3, -0.25) is 9.20 Å². The van der Waals surface area contributed by atoms with Gasteiger partial charge in [0.2, 0.25) is 0 Å². The third kappa shape index (κ3) is 3.91. The molecule has 0 spiro atoms. The molecule has 0 aliphatic carbocycles. The van der Waals surface area contributed by atoms with Gasteiger partial charge in [0.15, 0.2) is 0 Å². The molecule has 3 aromatic rings. The Bertz CT molecular complexity index is 969. The monoisotopic (exact) mass is 401 g/mol. The Kier molecular flexibility index (Phi) is 5.20. The van der Waals surface area contributed by atoms with E-state index >= 15 is 0 Å². The summed E-state index contributed by atoms with van der Waals surface area (Å²) in [4.78, 5) is 16.8. The van der Waals surface area contributed by atoms with Crippen molar-refractivity contribution < 1.29 is 4.74 Å². The molecule has 0 saturated carbocycles. The number of pyridine rings is 1. The standard InChI is InChI=1S/C19H20BrN3O2/c1-12-4-7-18-22-15(9-19(24)23(18)11-12)10-21-13(2)14-5-6-17(25-3)16(20)8-14/h4-9,11,13,21H,10H2,1-3H3/t13-/m1/s1. The topological polar surface area (TPSA) is 55.6 Å². The number of hydrogen-bond acceptors (Lipinski definition) is 4. The molecule has 130 valence electrons. The van der Waals surface area contributed by atoms with E-state index in [1.807, 2.05) is 37.3 Å². The molecule has 2 heterocycles. The van der Waals surface area contributed by atoms with Crippen LogP contribution in [0.4, 0.5) is 0 Å². The van der Waals surface area contributed by atoms with Gasteiger partial charge in [-0.25, -0.2) is 4.98 Å². The molecule has 0 bridgehead atoms. The van der Waals surface area contributed by atoms with Gasteiger partial charge in [-0.05, 0) is 59.1 Å². The highest BCUT2D eigenvalue weighted by Crippen LogP contribution is 2.28. The fraction of sp³-hybridized carbons (Fsp3) is 0.263. The van der Waals surface area contributed by atoms with Crippen molar-refractivity contribution >= 4 is 21.6 Å². The summed E-state index contributed by atoms with van der Waals surface area (Å²) in [5, 5.41) is 3.41. The molecular formula is C19H20BrN3O2. The molecule has 0 radical (unpaired) electrons. The average molecular weight is 402 g/mol. The van der Waals surface area contributed by atoms with Crippen molar-refractivity contribution in [3.63, 3.8) is 0 Å². The second-order valence-electron chi connectivity index (χ2n) is 6.02. The van der Waals surface area contributed by atoms with Crippen molar-refractivity contribution in [2.75, 3.05) is 7.11 Å². The van der Waals surface area contributed by atoms with Crippen molar-refractivity contribution in [3.05, 3.63) is 74.2 Å². The third-order valence-corrected chi connectivity index (χ3v) is 4.75. The van der Waals surface area contributed by atoms with E-state index in [2.05, 4.69) is 33.2 Å². The zero-order chi connectivity index (χ0) is 18.0. The van der Waals surface area contributed by atoms with Crippen LogP contribution in [-0.4, -0.2) is 16.5 Å². The SMILES string of the molecule is COc1ccc([C@@H](C)NCc2cc(=O)n3cc(C)ccc3n2)cc1Br. The van der Waals surface area contributed by atoms with Crippen LogP contribution in [0.1, 0.15) is 29.8 Å². The molecule has 1 atom stereocenters. The Morgan fingerprint density at radius 1 is 1.28 bits per heavy atom. The number of benzene rings is 1. The molecule has 0 aliphatic heterocycles. The number of hydrogen-bond donors (Lipinski definition) is 1. The summed E-state index contributed by atoms with van der Waals surface area (Å²) in [6.45, 7) is 4.55. The molecule has 0 saturated heterocycles. The van der Waals surface area contributed by atoms with Crippen LogP contribution < -0.4 is 15.6 Å². The molecule has 1 N–H and O–H groups in total. The number of fused-ring (bicyclic) bond motifs is 1. The molecule has 5 nitrogen and oxygen atoms in total. The maximum absolute atomic E-state index is 12.3. The predicted molar refractivity (Wildman–Crippen MR) is 102 cm³/mol. The van der Waals surface area contributed by atoms with Crippen LogP contribution >= 0.6 is 15.9 Å². The highest BCUT2D eigenvalue weighted by atomic mass is 79.9. The highest BCUT2D eigenvalue weighted by Gasteiger charge is 2.09. The second kappa shape index (κ2) is 7.37. The molecule has 6 heteroatoms. The Labute approximate surface area is 154 Å². The fourth-order valence-electron chi connectivity index (χ4n) is 2.68. The van der Waals surface area contributed by atoms with E-state index in [0.29, 0.717) is 12.2 Å². The lowest BCUT2D eigenvalue weighted by molar-refractivity contribution is 0.411. The average Bonchev–Trinajstić information content (AvgIpc) is 2.60. The maximum Gasteiger partial charge on any atom is 0.258 e. The lowest BCUT2D eigenvalue weighted by atomic mass is 10.1. The Hall–Kier alpha value is -2.18. The van der Waals surface area contributed by atoms with Gasteiger partial charge in [0.1, 0.15) is 11.4 Å².